The second kappa shape index (κ2) is 9.21. The predicted molar refractivity (Wildman–Crippen MR) is 102 cm³/mol. The third kappa shape index (κ3) is 5.33. The summed E-state index contributed by atoms with van der Waals surface area (Å²) in [6.45, 7) is 0.292. The lowest BCUT2D eigenvalue weighted by Gasteiger charge is -2.12. The number of ether oxygens (including phenoxy) is 2. The second-order valence-corrected chi connectivity index (χ2v) is 7.44. The highest BCUT2D eigenvalue weighted by Gasteiger charge is 2.32. The van der Waals surface area contributed by atoms with Crippen LogP contribution >= 0.6 is 23.4 Å². The van der Waals surface area contributed by atoms with E-state index in [0.29, 0.717) is 5.75 Å². The van der Waals surface area contributed by atoms with Crippen LogP contribution in [0.15, 0.2) is 41.7 Å². The van der Waals surface area contributed by atoms with Gasteiger partial charge in [0.05, 0.1) is 37.0 Å². The van der Waals surface area contributed by atoms with Crippen molar-refractivity contribution in [2.75, 3.05) is 19.5 Å². The van der Waals surface area contributed by atoms with Crippen molar-refractivity contribution in [2.24, 2.45) is 0 Å². The van der Waals surface area contributed by atoms with E-state index in [9.17, 15) is 18.3 Å². The zero-order valence-corrected chi connectivity index (χ0v) is 16.8. The molecule has 29 heavy (non-hydrogen) atoms. The molecule has 0 fully saturated rings. The fraction of sp³-hybridized carbons (Fsp3) is 0.333. The van der Waals surface area contributed by atoms with Crippen molar-refractivity contribution in [2.45, 2.75) is 24.0 Å². The van der Waals surface area contributed by atoms with Gasteiger partial charge in [-0.25, -0.2) is 0 Å². The highest BCUT2D eigenvalue weighted by atomic mass is 35.5. The molecule has 0 aliphatic heterocycles. The van der Waals surface area contributed by atoms with E-state index in [1.54, 1.807) is 7.11 Å². The Morgan fingerprint density at radius 3 is 2.76 bits per heavy atom. The number of benzene rings is 1. The monoisotopic (exact) mass is 447 g/mol. The maximum Gasteiger partial charge on any atom is 0.417 e. The van der Waals surface area contributed by atoms with Crippen LogP contribution in [0.3, 0.4) is 0 Å². The quantitative estimate of drug-likeness (QED) is 0.525. The van der Waals surface area contributed by atoms with Crippen molar-refractivity contribution in [3.63, 3.8) is 0 Å². The van der Waals surface area contributed by atoms with Crippen LogP contribution < -0.4 is 4.74 Å². The maximum atomic E-state index is 13.0. The number of aliphatic hydroxyl groups excluding tert-OH is 1. The van der Waals surface area contributed by atoms with E-state index < -0.39 is 17.8 Å². The van der Waals surface area contributed by atoms with Crippen LogP contribution in [-0.2, 0) is 17.5 Å². The summed E-state index contributed by atoms with van der Waals surface area (Å²) in [7, 11) is 1.56. The Morgan fingerprint density at radius 2 is 2.03 bits per heavy atom. The van der Waals surface area contributed by atoms with Gasteiger partial charge in [0.25, 0.3) is 0 Å². The second-order valence-electron chi connectivity index (χ2n) is 6.04. The molecule has 0 amide bonds. The van der Waals surface area contributed by atoms with Gasteiger partial charge in [-0.3, -0.25) is 4.40 Å². The fourth-order valence-electron chi connectivity index (χ4n) is 2.53. The molecule has 1 N–H and O–H groups in total. The van der Waals surface area contributed by atoms with Crippen LogP contribution in [-0.4, -0.2) is 45.3 Å². The van der Waals surface area contributed by atoms with E-state index in [2.05, 4.69) is 10.2 Å². The summed E-state index contributed by atoms with van der Waals surface area (Å²) < 4.78 is 50.9. The van der Waals surface area contributed by atoms with Crippen molar-refractivity contribution in [1.82, 2.24) is 14.6 Å². The Labute approximate surface area is 173 Å². The standard InChI is InChI=1S/C18H17ClF3N3O3S/c1-27-15-5-3-2-4-11(15)8-28-9-13(26)10-29-17-24-23-16-14(19)6-12(7-25(16)17)18(20,21)22/h2-7,13,26H,8-10H2,1H3/t13-/m0/s1. The number of para-hydroxylation sites is 1. The lowest BCUT2D eigenvalue weighted by atomic mass is 10.2. The van der Waals surface area contributed by atoms with Gasteiger partial charge in [-0.05, 0) is 12.1 Å². The largest absolute Gasteiger partial charge is 0.496 e. The van der Waals surface area contributed by atoms with Crippen LogP contribution in [0.2, 0.25) is 5.02 Å². The van der Waals surface area contributed by atoms with Crippen molar-refractivity contribution in [1.29, 1.82) is 0 Å². The predicted octanol–water partition coefficient (Wildman–Crippen LogP) is 4.08. The average Bonchev–Trinajstić information content (AvgIpc) is 3.10. The van der Waals surface area contributed by atoms with E-state index in [4.69, 9.17) is 21.1 Å². The maximum absolute atomic E-state index is 13.0. The molecule has 3 rings (SSSR count). The van der Waals surface area contributed by atoms with E-state index >= 15 is 0 Å². The average molecular weight is 448 g/mol. The topological polar surface area (TPSA) is 68.9 Å². The molecule has 0 saturated heterocycles. The number of nitrogens with zero attached hydrogens (tertiary/aromatic N) is 3. The van der Waals surface area contributed by atoms with Gasteiger partial charge >= 0.3 is 6.18 Å². The number of rotatable bonds is 8. The van der Waals surface area contributed by atoms with Crippen LogP contribution in [0.25, 0.3) is 5.65 Å². The molecule has 156 valence electrons. The molecular formula is C18H17ClF3N3O3S. The van der Waals surface area contributed by atoms with Crippen molar-refractivity contribution >= 4 is 29.0 Å². The molecule has 2 aromatic heterocycles. The summed E-state index contributed by atoms with van der Waals surface area (Å²) in [6.07, 6.45) is -4.52. The minimum absolute atomic E-state index is 0.0380. The number of aliphatic hydroxyl groups is 1. The zero-order valence-electron chi connectivity index (χ0n) is 15.2. The number of fused-ring (bicyclic) bond motifs is 1. The molecule has 3 aromatic rings. The van der Waals surface area contributed by atoms with Gasteiger partial charge in [0.15, 0.2) is 10.8 Å². The summed E-state index contributed by atoms with van der Waals surface area (Å²) in [5.41, 5.74) is 0.0500. The molecule has 0 aliphatic rings. The fourth-order valence-corrected chi connectivity index (χ4v) is 3.59. The smallest absolute Gasteiger partial charge is 0.417 e. The van der Waals surface area contributed by atoms with Gasteiger partial charge in [-0.1, -0.05) is 41.6 Å². The van der Waals surface area contributed by atoms with E-state index in [0.717, 1.165) is 34.0 Å². The number of aromatic nitrogens is 3. The van der Waals surface area contributed by atoms with Gasteiger partial charge < -0.3 is 14.6 Å². The molecular weight excluding hydrogens is 431 g/mol. The number of hydrogen-bond acceptors (Lipinski definition) is 6. The number of pyridine rings is 1. The first-order valence-electron chi connectivity index (χ1n) is 8.41. The number of alkyl halides is 3. The summed E-state index contributed by atoms with van der Waals surface area (Å²) in [4.78, 5) is 0. The lowest BCUT2D eigenvalue weighted by molar-refractivity contribution is -0.137. The number of methoxy groups -OCH3 is 1. The van der Waals surface area contributed by atoms with Crippen molar-refractivity contribution in [3.8, 4) is 5.75 Å². The Kier molecular flexibility index (Phi) is 6.89. The van der Waals surface area contributed by atoms with Gasteiger partial charge in [0, 0.05) is 17.5 Å². The van der Waals surface area contributed by atoms with Crippen molar-refractivity contribution < 1.29 is 27.8 Å². The molecule has 11 heteroatoms. The molecule has 0 saturated carbocycles. The van der Waals surface area contributed by atoms with Crippen LogP contribution in [0.1, 0.15) is 11.1 Å². The van der Waals surface area contributed by atoms with E-state index in [1.165, 1.54) is 0 Å². The lowest BCUT2D eigenvalue weighted by Crippen LogP contribution is -2.18. The minimum atomic E-state index is -4.55. The first-order valence-corrected chi connectivity index (χ1v) is 9.78. The number of hydrogen-bond donors (Lipinski definition) is 1. The van der Waals surface area contributed by atoms with Crippen LogP contribution in [0, 0.1) is 0 Å². The van der Waals surface area contributed by atoms with E-state index in [-0.39, 0.29) is 34.8 Å². The highest BCUT2D eigenvalue weighted by molar-refractivity contribution is 7.99. The molecule has 6 nitrogen and oxygen atoms in total. The Morgan fingerprint density at radius 1 is 1.28 bits per heavy atom. The summed E-state index contributed by atoms with van der Waals surface area (Å²) in [6, 6.07) is 8.16. The summed E-state index contributed by atoms with van der Waals surface area (Å²) >= 11 is 6.94. The Bertz CT molecular complexity index is 984. The molecule has 0 unspecified atom stereocenters. The van der Waals surface area contributed by atoms with Gasteiger partial charge in [0.1, 0.15) is 5.75 Å². The van der Waals surface area contributed by atoms with Gasteiger partial charge in [0.2, 0.25) is 0 Å². The number of halogens is 4. The SMILES string of the molecule is COc1ccccc1COC[C@H](O)CSc1nnc2c(Cl)cc(C(F)(F)F)cn12. The summed E-state index contributed by atoms with van der Waals surface area (Å²) in [5.74, 6) is 0.837. The first-order chi connectivity index (χ1) is 13.8. The van der Waals surface area contributed by atoms with Gasteiger partial charge in [-0.2, -0.15) is 13.2 Å². The highest BCUT2D eigenvalue weighted by Crippen LogP contribution is 2.33. The zero-order chi connectivity index (χ0) is 21.0. The van der Waals surface area contributed by atoms with Crippen LogP contribution in [0.4, 0.5) is 13.2 Å². The molecule has 0 bridgehead atoms. The summed E-state index contributed by atoms with van der Waals surface area (Å²) in [5, 5.41) is 17.8. The number of thioether (sulfide) groups is 1. The Hall–Kier alpha value is -2.01. The van der Waals surface area contributed by atoms with Gasteiger partial charge in [-0.15, -0.1) is 10.2 Å². The molecule has 2 heterocycles. The molecule has 0 radical (unpaired) electrons. The molecule has 1 atom stereocenters. The van der Waals surface area contributed by atoms with Crippen LogP contribution in [0.5, 0.6) is 5.75 Å². The first kappa shape index (κ1) is 21.7. The van der Waals surface area contributed by atoms with E-state index in [1.807, 2.05) is 24.3 Å². The van der Waals surface area contributed by atoms with Crippen molar-refractivity contribution in [3.05, 3.63) is 52.7 Å². The molecule has 0 aliphatic carbocycles. The molecule has 0 spiro atoms. The molecule has 1 aromatic carbocycles. The third-order valence-electron chi connectivity index (χ3n) is 3.92. The normalized spacial score (nSPS) is 13.0. The Balaban J connectivity index is 1.59. The third-order valence-corrected chi connectivity index (χ3v) is 5.29. The minimum Gasteiger partial charge on any atom is -0.496 e.